The van der Waals surface area contributed by atoms with E-state index in [4.69, 9.17) is 0 Å². The Bertz CT molecular complexity index is 1200. The molecule has 0 spiro atoms. The van der Waals surface area contributed by atoms with E-state index < -0.39 is 12.2 Å². The number of amides is 1. The molecule has 8 nitrogen and oxygen atoms in total. The normalized spacial score (nSPS) is 20.0. The van der Waals surface area contributed by atoms with Crippen molar-refractivity contribution >= 4 is 39.0 Å². The minimum atomic E-state index is -0.824. The number of rotatable bonds is 9. The minimum Gasteiger partial charge on any atom is -0.390 e. The summed E-state index contributed by atoms with van der Waals surface area (Å²) in [6.07, 6.45) is 2.37. The molecular formula is C25H32FN5O3S. The summed E-state index contributed by atoms with van der Waals surface area (Å²) in [5.74, 6) is -0.114. The number of benzene rings is 1. The molecule has 188 valence electrons. The van der Waals surface area contributed by atoms with Crippen molar-refractivity contribution in [3.8, 4) is 0 Å². The van der Waals surface area contributed by atoms with Gasteiger partial charge in [0.25, 0.3) is 5.91 Å². The second kappa shape index (κ2) is 10.9. The molecule has 2 aromatic heterocycles. The van der Waals surface area contributed by atoms with Crippen LogP contribution in [-0.4, -0.2) is 70.4 Å². The number of hydrogen-bond acceptors (Lipinski definition) is 8. The number of anilines is 2. The number of carbonyl (C=O) groups is 1. The fraction of sp³-hybridized carbons (Fsp3) is 0.480. The number of halogens is 1. The summed E-state index contributed by atoms with van der Waals surface area (Å²) in [5.41, 5.74) is 2.15. The maximum atomic E-state index is 14.1. The summed E-state index contributed by atoms with van der Waals surface area (Å²) in [6, 6.07) is 4.47. The van der Waals surface area contributed by atoms with Crippen LogP contribution < -0.4 is 10.6 Å². The Kier molecular flexibility index (Phi) is 7.95. The maximum Gasteiger partial charge on any atom is 0.261 e. The first-order chi connectivity index (χ1) is 16.7. The predicted octanol–water partition coefficient (Wildman–Crippen LogP) is 3.24. The van der Waals surface area contributed by atoms with Gasteiger partial charge in [-0.1, -0.05) is 0 Å². The first kappa shape index (κ1) is 25.4. The molecule has 0 aliphatic heterocycles. The molecule has 0 unspecified atom stereocenters. The first-order valence-corrected chi connectivity index (χ1v) is 12.6. The van der Waals surface area contributed by atoms with Crippen molar-refractivity contribution in [3.63, 3.8) is 0 Å². The second-order valence-corrected chi connectivity index (χ2v) is 10.4. The van der Waals surface area contributed by atoms with E-state index in [0.29, 0.717) is 52.6 Å². The van der Waals surface area contributed by atoms with Crippen molar-refractivity contribution in [2.75, 3.05) is 32.5 Å². The zero-order valence-electron chi connectivity index (χ0n) is 20.2. The molecule has 0 radical (unpaired) electrons. The molecule has 3 atom stereocenters. The number of fused-ring (bicyclic) bond motifs is 1. The van der Waals surface area contributed by atoms with Gasteiger partial charge in [-0.15, -0.1) is 11.3 Å². The van der Waals surface area contributed by atoms with Crippen LogP contribution >= 0.6 is 11.3 Å². The minimum absolute atomic E-state index is 0.133. The number of hydrogen-bond donors (Lipinski definition) is 4. The fourth-order valence-corrected chi connectivity index (χ4v) is 5.65. The molecule has 1 aliphatic rings. The van der Waals surface area contributed by atoms with Crippen molar-refractivity contribution in [3.05, 3.63) is 46.3 Å². The summed E-state index contributed by atoms with van der Waals surface area (Å²) in [7, 11) is 3.99. The average molecular weight is 502 g/mol. The molecule has 0 bridgehead atoms. The monoisotopic (exact) mass is 501 g/mol. The van der Waals surface area contributed by atoms with Gasteiger partial charge >= 0.3 is 0 Å². The Morgan fingerprint density at radius 1 is 1.26 bits per heavy atom. The van der Waals surface area contributed by atoms with Crippen molar-refractivity contribution in [2.45, 2.75) is 44.8 Å². The van der Waals surface area contributed by atoms with Gasteiger partial charge in [-0.3, -0.25) is 4.79 Å². The Morgan fingerprint density at radius 2 is 2.06 bits per heavy atom. The Morgan fingerprint density at radius 3 is 2.77 bits per heavy atom. The highest BCUT2D eigenvalue weighted by molar-refractivity contribution is 7.20. The lowest BCUT2D eigenvalue weighted by atomic mass is 9.94. The number of thiophene rings is 1. The van der Waals surface area contributed by atoms with Crippen molar-refractivity contribution in [2.24, 2.45) is 5.92 Å². The SMILES string of the molecule is Cc1c(C(=O)NCCCN(C)C)sc2ncnc(Nc3ccc(F)cc3C[C@@H]3CC[C@@H](O)[C@H]3O)c12. The van der Waals surface area contributed by atoms with Crippen LogP contribution in [0.5, 0.6) is 0 Å². The number of aryl methyl sites for hydroxylation is 1. The van der Waals surface area contributed by atoms with Crippen LogP contribution in [0, 0.1) is 18.7 Å². The zero-order chi connectivity index (χ0) is 25.1. The molecule has 3 aromatic rings. The Balaban J connectivity index is 1.58. The number of nitrogens with one attached hydrogen (secondary N) is 2. The summed E-state index contributed by atoms with van der Waals surface area (Å²) >= 11 is 1.32. The van der Waals surface area contributed by atoms with Gasteiger partial charge in [-0.2, -0.15) is 0 Å². The second-order valence-electron chi connectivity index (χ2n) is 9.40. The lowest BCUT2D eigenvalue weighted by Crippen LogP contribution is -2.26. The van der Waals surface area contributed by atoms with Crippen molar-refractivity contribution in [1.29, 1.82) is 0 Å². The van der Waals surface area contributed by atoms with Crippen molar-refractivity contribution < 1.29 is 19.4 Å². The first-order valence-electron chi connectivity index (χ1n) is 11.8. The van der Waals surface area contributed by atoms with E-state index in [1.807, 2.05) is 21.0 Å². The molecule has 4 N–H and O–H groups in total. The molecule has 1 fully saturated rings. The smallest absolute Gasteiger partial charge is 0.261 e. The third-order valence-electron chi connectivity index (χ3n) is 6.51. The summed E-state index contributed by atoms with van der Waals surface area (Å²) < 4.78 is 14.1. The van der Waals surface area contributed by atoms with Crippen LogP contribution in [-0.2, 0) is 6.42 Å². The third kappa shape index (κ3) is 5.78. The predicted molar refractivity (Wildman–Crippen MR) is 136 cm³/mol. The van der Waals surface area contributed by atoms with Gasteiger partial charge in [0.2, 0.25) is 0 Å². The van der Waals surface area contributed by atoms with Gasteiger partial charge in [0, 0.05) is 12.2 Å². The van der Waals surface area contributed by atoms with Crippen molar-refractivity contribution in [1.82, 2.24) is 20.2 Å². The summed E-state index contributed by atoms with van der Waals surface area (Å²) in [5, 5.41) is 27.2. The summed E-state index contributed by atoms with van der Waals surface area (Å²) in [4.78, 5) is 25.0. The van der Waals surface area contributed by atoms with Crippen LogP contribution in [0.4, 0.5) is 15.9 Å². The molecule has 35 heavy (non-hydrogen) atoms. The lowest BCUT2D eigenvalue weighted by molar-refractivity contribution is 0.0207. The molecule has 10 heteroatoms. The van der Waals surface area contributed by atoms with Crippen LogP contribution in [0.25, 0.3) is 10.2 Å². The lowest BCUT2D eigenvalue weighted by Gasteiger charge is -2.19. The Hall–Kier alpha value is -2.66. The van der Waals surface area contributed by atoms with E-state index in [1.54, 1.807) is 6.07 Å². The molecular weight excluding hydrogens is 469 g/mol. The number of nitrogens with zero attached hydrogens (tertiary/aromatic N) is 3. The van der Waals surface area contributed by atoms with Gasteiger partial charge in [-0.05, 0) is 88.5 Å². The highest BCUT2D eigenvalue weighted by Gasteiger charge is 2.33. The number of aromatic nitrogens is 2. The van der Waals surface area contributed by atoms with E-state index in [2.05, 4.69) is 25.5 Å². The van der Waals surface area contributed by atoms with Gasteiger partial charge in [0.15, 0.2) is 0 Å². The molecule has 1 amide bonds. The van der Waals surface area contributed by atoms with E-state index >= 15 is 0 Å². The standard InChI is InChI=1S/C25H32FN5O3S/c1-14-20-23(28-13-29-25(20)35-22(14)24(34)27-9-4-10-31(2)3)30-18-7-6-17(26)12-16(18)11-15-5-8-19(32)21(15)33/h6-7,12-13,15,19,21,32-33H,4-5,8-11H2,1-3H3,(H,27,34)(H,28,29,30)/t15-,19+,21-/m0/s1. The molecule has 1 aromatic carbocycles. The molecule has 2 heterocycles. The highest BCUT2D eigenvalue weighted by atomic mass is 32.1. The van der Waals surface area contributed by atoms with Gasteiger partial charge in [0.1, 0.15) is 22.8 Å². The quantitative estimate of drug-likeness (QED) is 0.333. The maximum absolute atomic E-state index is 14.1. The van der Waals surface area contributed by atoms with Crippen LogP contribution in [0.2, 0.25) is 0 Å². The number of aliphatic hydroxyl groups is 2. The molecule has 4 rings (SSSR count). The van der Waals surface area contributed by atoms with Gasteiger partial charge < -0.3 is 25.7 Å². The van der Waals surface area contributed by atoms with Gasteiger partial charge in [0.05, 0.1) is 22.5 Å². The van der Waals surface area contributed by atoms with E-state index in [0.717, 1.165) is 23.9 Å². The average Bonchev–Trinajstić information content (AvgIpc) is 3.33. The molecule has 1 aliphatic carbocycles. The van der Waals surface area contributed by atoms with Crippen LogP contribution in [0.15, 0.2) is 24.5 Å². The fourth-order valence-electron chi connectivity index (χ4n) is 4.59. The number of carbonyl (C=O) groups excluding carboxylic acids is 1. The van der Waals surface area contributed by atoms with E-state index in [-0.39, 0.29) is 17.6 Å². The van der Waals surface area contributed by atoms with E-state index in [1.165, 1.54) is 29.8 Å². The number of aliphatic hydroxyl groups excluding tert-OH is 2. The molecule has 0 saturated heterocycles. The summed E-state index contributed by atoms with van der Waals surface area (Å²) in [6.45, 7) is 3.36. The third-order valence-corrected chi connectivity index (χ3v) is 7.71. The van der Waals surface area contributed by atoms with Crippen LogP contribution in [0.1, 0.15) is 40.1 Å². The van der Waals surface area contributed by atoms with Crippen LogP contribution in [0.3, 0.4) is 0 Å². The zero-order valence-corrected chi connectivity index (χ0v) is 21.0. The largest absolute Gasteiger partial charge is 0.390 e. The highest BCUT2D eigenvalue weighted by Crippen LogP contribution is 2.36. The Labute approximate surface area is 208 Å². The van der Waals surface area contributed by atoms with E-state index in [9.17, 15) is 19.4 Å². The molecule has 1 saturated carbocycles. The topological polar surface area (TPSA) is 111 Å². The van der Waals surface area contributed by atoms with Gasteiger partial charge in [-0.25, -0.2) is 14.4 Å².